The summed E-state index contributed by atoms with van der Waals surface area (Å²) in [6, 6.07) is 0.840. The van der Waals surface area contributed by atoms with Crippen LogP contribution in [0.2, 0.25) is 0 Å². The van der Waals surface area contributed by atoms with Crippen molar-refractivity contribution in [3.63, 3.8) is 0 Å². The van der Waals surface area contributed by atoms with Gasteiger partial charge in [-0.1, -0.05) is 20.3 Å². The van der Waals surface area contributed by atoms with Gasteiger partial charge in [0, 0.05) is 6.54 Å². The number of piperidine rings is 1. The molecule has 1 saturated heterocycles. The average Bonchev–Trinajstić information content (AvgIpc) is 3.07. The van der Waals surface area contributed by atoms with Crippen LogP contribution in [0.3, 0.4) is 0 Å². The smallest absolute Gasteiger partial charge is 0.320 e. The van der Waals surface area contributed by atoms with Crippen molar-refractivity contribution >= 4 is 17.0 Å². The summed E-state index contributed by atoms with van der Waals surface area (Å²) in [4.78, 5) is 15.9. The number of hydrogen-bond donors (Lipinski definition) is 1. The summed E-state index contributed by atoms with van der Waals surface area (Å²) >= 11 is 0. The lowest BCUT2D eigenvalue weighted by Gasteiger charge is -2.31. The second-order valence-corrected chi connectivity index (χ2v) is 8.05. The molecule has 1 aliphatic rings. The molecule has 1 atom stereocenters. The van der Waals surface area contributed by atoms with Crippen LogP contribution in [0.5, 0.6) is 12.0 Å². The molecule has 2 aromatic rings. The first-order valence-corrected chi connectivity index (χ1v) is 11.0. The van der Waals surface area contributed by atoms with Crippen molar-refractivity contribution in [2.75, 3.05) is 32.5 Å². The van der Waals surface area contributed by atoms with Crippen molar-refractivity contribution in [1.82, 2.24) is 24.4 Å². The van der Waals surface area contributed by atoms with E-state index in [1.807, 2.05) is 11.5 Å². The Morgan fingerprint density at radius 2 is 1.93 bits per heavy atom. The molecule has 0 bridgehead atoms. The molecule has 1 fully saturated rings. The van der Waals surface area contributed by atoms with Crippen molar-refractivity contribution in [3.05, 3.63) is 0 Å². The Morgan fingerprint density at radius 1 is 1.17 bits per heavy atom. The molecule has 0 saturated carbocycles. The summed E-state index contributed by atoms with van der Waals surface area (Å²) in [6.07, 6.45) is 6.88. The predicted molar refractivity (Wildman–Crippen MR) is 115 cm³/mol. The Bertz CT molecular complexity index is 785. The predicted octanol–water partition coefficient (Wildman–Crippen LogP) is 3.50. The SMILES string of the molecule is CCC[C@H](C)Oc1nc(N)c2nc(OC)n(CCCC3CCN(CC)CC3)c2n1. The van der Waals surface area contributed by atoms with E-state index in [1.54, 1.807) is 7.11 Å². The maximum Gasteiger partial charge on any atom is 0.320 e. The highest BCUT2D eigenvalue weighted by atomic mass is 16.5. The van der Waals surface area contributed by atoms with E-state index in [2.05, 4.69) is 33.7 Å². The highest BCUT2D eigenvalue weighted by Gasteiger charge is 2.21. The fourth-order valence-corrected chi connectivity index (χ4v) is 4.17. The largest absolute Gasteiger partial charge is 0.468 e. The van der Waals surface area contributed by atoms with Gasteiger partial charge in [0.05, 0.1) is 13.2 Å². The van der Waals surface area contributed by atoms with Gasteiger partial charge in [-0.05, 0) is 64.6 Å². The number of anilines is 1. The second-order valence-electron chi connectivity index (χ2n) is 8.05. The molecule has 0 unspecified atom stereocenters. The van der Waals surface area contributed by atoms with Crippen LogP contribution in [0, 0.1) is 5.92 Å². The topological polar surface area (TPSA) is 91.3 Å². The molecule has 2 aromatic heterocycles. The molecule has 162 valence electrons. The molecule has 8 nitrogen and oxygen atoms in total. The van der Waals surface area contributed by atoms with E-state index < -0.39 is 0 Å². The van der Waals surface area contributed by atoms with Gasteiger partial charge in [0.1, 0.15) is 0 Å². The first kappa shape index (κ1) is 21.6. The lowest BCUT2D eigenvalue weighted by molar-refractivity contribution is 0.184. The monoisotopic (exact) mass is 404 g/mol. The van der Waals surface area contributed by atoms with Gasteiger partial charge in [-0.2, -0.15) is 15.0 Å². The normalized spacial score (nSPS) is 17.0. The van der Waals surface area contributed by atoms with E-state index in [4.69, 9.17) is 15.2 Å². The fraction of sp³-hybridized carbons (Fsp3) is 0.762. The quantitative estimate of drug-likeness (QED) is 0.648. The number of rotatable bonds is 10. The number of hydrogen-bond acceptors (Lipinski definition) is 7. The summed E-state index contributed by atoms with van der Waals surface area (Å²) < 4.78 is 13.4. The van der Waals surface area contributed by atoms with Crippen molar-refractivity contribution in [2.24, 2.45) is 5.92 Å². The molecular weight excluding hydrogens is 368 g/mol. The molecule has 2 N–H and O–H groups in total. The lowest BCUT2D eigenvalue weighted by atomic mass is 9.92. The highest BCUT2D eigenvalue weighted by Crippen LogP contribution is 2.28. The molecule has 0 spiro atoms. The maximum absolute atomic E-state index is 6.15. The Morgan fingerprint density at radius 3 is 2.59 bits per heavy atom. The van der Waals surface area contributed by atoms with Crippen molar-refractivity contribution in [2.45, 2.75) is 71.9 Å². The van der Waals surface area contributed by atoms with E-state index >= 15 is 0 Å². The number of nitrogens with two attached hydrogens (primary N) is 1. The van der Waals surface area contributed by atoms with E-state index in [0.717, 1.165) is 38.3 Å². The van der Waals surface area contributed by atoms with Gasteiger partial charge in [-0.15, -0.1) is 0 Å². The molecule has 0 amide bonds. The van der Waals surface area contributed by atoms with Gasteiger partial charge in [0.25, 0.3) is 6.01 Å². The minimum absolute atomic E-state index is 0.0455. The summed E-state index contributed by atoms with van der Waals surface area (Å²) in [5.74, 6) is 1.13. The molecule has 0 aromatic carbocycles. The molecule has 3 heterocycles. The van der Waals surface area contributed by atoms with E-state index in [1.165, 1.54) is 32.4 Å². The van der Waals surface area contributed by atoms with Crippen LogP contribution in [0.25, 0.3) is 11.2 Å². The van der Waals surface area contributed by atoms with Gasteiger partial charge in [-0.3, -0.25) is 4.57 Å². The minimum atomic E-state index is 0.0455. The molecule has 1 aliphatic heterocycles. The van der Waals surface area contributed by atoms with Crippen LogP contribution < -0.4 is 15.2 Å². The first-order valence-electron chi connectivity index (χ1n) is 11.0. The van der Waals surface area contributed by atoms with E-state index in [9.17, 15) is 0 Å². The van der Waals surface area contributed by atoms with Gasteiger partial charge >= 0.3 is 6.01 Å². The lowest BCUT2D eigenvalue weighted by Crippen LogP contribution is -2.33. The second kappa shape index (κ2) is 10.1. The van der Waals surface area contributed by atoms with Crippen LogP contribution in [0.15, 0.2) is 0 Å². The third kappa shape index (κ3) is 5.29. The fourth-order valence-electron chi connectivity index (χ4n) is 4.17. The van der Waals surface area contributed by atoms with Crippen LogP contribution in [0.1, 0.15) is 59.3 Å². The zero-order valence-corrected chi connectivity index (χ0v) is 18.4. The number of aryl methyl sites for hydroxylation is 1. The number of nitrogen functional groups attached to an aromatic ring is 1. The van der Waals surface area contributed by atoms with Gasteiger partial charge in [-0.25, -0.2) is 0 Å². The first-order chi connectivity index (χ1) is 14.0. The van der Waals surface area contributed by atoms with Crippen molar-refractivity contribution < 1.29 is 9.47 Å². The number of methoxy groups -OCH3 is 1. The van der Waals surface area contributed by atoms with Gasteiger partial charge in [0.15, 0.2) is 17.0 Å². The summed E-state index contributed by atoms with van der Waals surface area (Å²) in [5, 5.41) is 0. The number of ether oxygens (including phenoxy) is 2. The Hall–Kier alpha value is -2.09. The van der Waals surface area contributed by atoms with Crippen LogP contribution in [-0.2, 0) is 6.54 Å². The number of nitrogens with zero attached hydrogens (tertiary/aromatic N) is 5. The zero-order chi connectivity index (χ0) is 20.8. The zero-order valence-electron chi connectivity index (χ0n) is 18.4. The van der Waals surface area contributed by atoms with Crippen molar-refractivity contribution in [3.8, 4) is 12.0 Å². The Kier molecular flexibility index (Phi) is 7.52. The molecule has 29 heavy (non-hydrogen) atoms. The maximum atomic E-state index is 6.15. The van der Waals surface area contributed by atoms with E-state index in [0.29, 0.717) is 29.0 Å². The molecule has 8 heteroatoms. The van der Waals surface area contributed by atoms with Crippen LogP contribution in [0.4, 0.5) is 5.82 Å². The number of imidazole rings is 1. The van der Waals surface area contributed by atoms with Gasteiger partial charge in [0.2, 0.25) is 0 Å². The van der Waals surface area contributed by atoms with Crippen LogP contribution in [-0.4, -0.2) is 57.3 Å². The Labute approximate surface area is 173 Å². The third-order valence-corrected chi connectivity index (χ3v) is 5.90. The molecule has 0 aliphatic carbocycles. The Balaban J connectivity index is 1.71. The standard InChI is InChI=1S/C21H36N6O2/c1-5-8-15(3)29-20-24-18(22)17-19(25-20)27(21(23-17)28-4)12-7-9-16-10-13-26(6-2)14-11-16/h15-16H,5-14H2,1-4H3,(H2,22,24,25)/t15-/m0/s1. The molecule has 0 radical (unpaired) electrons. The number of likely N-dealkylation sites (tertiary alicyclic amines) is 1. The number of aromatic nitrogens is 4. The highest BCUT2D eigenvalue weighted by molar-refractivity contribution is 5.83. The van der Waals surface area contributed by atoms with Crippen molar-refractivity contribution in [1.29, 1.82) is 0 Å². The average molecular weight is 405 g/mol. The summed E-state index contributed by atoms with van der Waals surface area (Å²) in [6.45, 7) is 10.8. The van der Waals surface area contributed by atoms with Gasteiger partial charge < -0.3 is 20.1 Å². The minimum Gasteiger partial charge on any atom is -0.468 e. The van der Waals surface area contributed by atoms with Crippen LogP contribution >= 0.6 is 0 Å². The third-order valence-electron chi connectivity index (χ3n) is 5.90. The summed E-state index contributed by atoms with van der Waals surface area (Å²) in [5.41, 5.74) is 7.41. The number of fused-ring (bicyclic) bond motifs is 1. The summed E-state index contributed by atoms with van der Waals surface area (Å²) in [7, 11) is 1.63. The molecular formula is C21H36N6O2. The molecule has 3 rings (SSSR count). The van der Waals surface area contributed by atoms with E-state index in [-0.39, 0.29) is 6.10 Å².